The zero-order chi connectivity index (χ0) is 29.1. The van der Waals surface area contributed by atoms with Crippen LogP contribution in [0.25, 0.3) is 0 Å². The number of hydrogen-bond donors (Lipinski definition) is 0. The van der Waals surface area contributed by atoms with Gasteiger partial charge in [0.1, 0.15) is 18.5 Å². The van der Waals surface area contributed by atoms with Crippen LogP contribution in [0.1, 0.15) is 11.1 Å². The fourth-order valence-electron chi connectivity index (χ4n) is 5.37. The van der Waals surface area contributed by atoms with Crippen LogP contribution in [0.5, 0.6) is 5.75 Å². The van der Waals surface area contributed by atoms with E-state index >= 15 is 0 Å². The minimum Gasteiger partial charge on any atom is -0.491 e. The van der Waals surface area contributed by atoms with Crippen LogP contribution < -0.4 is 9.64 Å². The van der Waals surface area contributed by atoms with Gasteiger partial charge in [0, 0.05) is 71.4 Å². The summed E-state index contributed by atoms with van der Waals surface area (Å²) in [4.78, 5) is 8.95. The summed E-state index contributed by atoms with van der Waals surface area (Å²) >= 11 is 25.1. The van der Waals surface area contributed by atoms with Crippen molar-refractivity contribution in [2.24, 2.45) is 0 Å². The highest BCUT2D eigenvalue weighted by atomic mass is 35.5. The summed E-state index contributed by atoms with van der Waals surface area (Å²) in [7, 11) is 0. The predicted octanol–water partition coefficient (Wildman–Crippen LogP) is 7.17. The Hall–Kier alpha value is -2.49. The Balaban J connectivity index is 1.03. The van der Waals surface area contributed by atoms with Crippen molar-refractivity contribution in [3.8, 4) is 5.75 Å². The first kappa shape index (κ1) is 29.6. The number of nitrogens with zero attached hydrogens (tertiary/aromatic N) is 4. The van der Waals surface area contributed by atoms with Crippen molar-refractivity contribution in [1.82, 2.24) is 14.5 Å². The molecule has 0 amide bonds. The number of hydrogen-bond acceptors (Lipinski definition) is 6. The van der Waals surface area contributed by atoms with Crippen molar-refractivity contribution < 1.29 is 14.2 Å². The molecule has 0 bridgehead atoms. The van der Waals surface area contributed by atoms with E-state index in [9.17, 15) is 0 Å². The van der Waals surface area contributed by atoms with E-state index in [0.29, 0.717) is 45.4 Å². The summed E-state index contributed by atoms with van der Waals surface area (Å²) in [6.07, 6.45) is 5.01. The van der Waals surface area contributed by atoms with Crippen molar-refractivity contribution in [3.05, 3.63) is 111 Å². The van der Waals surface area contributed by atoms with Crippen LogP contribution >= 0.6 is 46.4 Å². The monoisotopic (exact) mass is 646 g/mol. The summed E-state index contributed by atoms with van der Waals surface area (Å²) in [5.74, 6) is -0.309. The summed E-state index contributed by atoms with van der Waals surface area (Å²) in [6, 6.07) is 19.2. The third-order valence-corrected chi connectivity index (χ3v) is 8.70. The van der Waals surface area contributed by atoms with Crippen LogP contribution in [0.4, 0.5) is 5.69 Å². The number of imidazole rings is 1. The molecular weight excluding hydrogens is 618 g/mol. The number of benzene rings is 3. The number of rotatable bonds is 9. The van der Waals surface area contributed by atoms with Gasteiger partial charge < -0.3 is 23.7 Å². The zero-order valence-corrected chi connectivity index (χ0v) is 25.8. The van der Waals surface area contributed by atoms with E-state index in [1.165, 1.54) is 5.69 Å². The molecule has 3 aromatic carbocycles. The average molecular weight is 648 g/mol. The molecule has 2 saturated heterocycles. The lowest BCUT2D eigenvalue weighted by molar-refractivity contribution is -0.189. The van der Waals surface area contributed by atoms with E-state index in [0.717, 1.165) is 44.0 Å². The standard InChI is InChI=1S/C31H30Cl4N4O3/c32-23-2-1-22(29(34)15-23)17-37-11-13-39(14-12-37)25-4-6-26(7-5-25)40-18-27-19-41-31(42-27,20-38-10-9-36-21-38)28-8-3-24(33)16-30(28)35/h1-10,15-16,21,27H,11-14,17-20H2/t27-,31-/m1/s1. The highest BCUT2D eigenvalue weighted by Crippen LogP contribution is 2.40. The Labute approximate surface area is 265 Å². The Kier molecular flexibility index (Phi) is 9.17. The van der Waals surface area contributed by atoms with E-state index in [1.54, 1.807) is 30.7 Å². The van der Waals surface area contributed by atoms with E-state index < -0.39 is 5.79 Å². The van der Waals surface area contributed by atoms with Gasteiger partial charge in [-0.25, -0.2) is 4.98 Å². The van der Waals surface area contributed by atoms with Crippen LogP contribution in [0.15, 0.2) is 79.4 Å². The molecule has 42 heavy (non-hydrogen) atoms. The molecule has 220 valence electrons. The van der Waals surface area contributed by atoms with Gasteiger partial charge in [0.25, 0.3) is 0 Å². The summed E-state index contributed by atoms with van der Waals surface area (Å²) in [6.45, 7) is 5.68. The molecule has 0 saturated carbocycles. The highest BCUT2D eigenvalue weighted by Gasteiger charge is 2.45. The largest absolute Gasteiger partial charge is 0.491 e. The molecule has 0 N–H and O–H groups in total. The van der Waals surface area contributed by atoms with Gasteiger partial charge >= 0.3 is 0 Å². The van der Waals surface area contributed by atoms with Gasteiger partial charge in [-0.2, -0.15) is 0 Å². The number of ether oxygens (including phenoxy) is 3. The average Bonchev–Trinajstić information content (AvgIpc) is 3.65. The third kappa shape index (κ3) is 6.84. The molecule has 3 heterocycles. The SMILES string of the molecule is Clc1ccc(CN2CCN(c3ccc(OC[C@@H]4CO[C@@](Cn5ccnc5)(c5ccc(Cl)cc5Cl)O4)cc3)CC2)c(Cl)c1. The van der Waals surface area contributed by atoms with Crippen molar-refractivity contribution >= 4 is 52.1 Å². The van der Waals surface area contributed by atoms with Crippen LogP contribution in [-0.2, 0) is 28.4 Å². The maximum absolute atomic E-state index is 6.58. The van der Waals surface area contributed by atoms with Gasteiger partial charge in [-0.15, -0.1) is 0 Å². The number of aromatic nitrogens is 2. The molecule has 0 aliphatic carbocycles. The maximum atomic E-state index is 6.58. The molecule has 0 unspecified atom stereocenters. The first-order valence-electron chi connectivity index (χ1n) is 13.7. The molecule has 11 heteroatoms. The van der Waals surface area contributed by atoms with Crippen molar-refractivity contribution in [2.45, 2.75) is 25.0 Å². The molecule has 2 atom stereocenters. The molecule has 6 rings (SSSR count). The fraction of sp³-hybridized carbons (Fsp3) is 0.323. The van der Waals surface area contributed by atoms with Gasteiger partial charge in [-0.05, 0) is 54.1 Å². The number of anilines is 1. The Morgan fingerprint density at radius 3 is 2.31 bits per heavy atom. The summed E-state index contributed by atoms with van der Waals surface area (Å²) in [5, 5.41) is 2.40. The normalized spacial score (nSPS) is 21.1. The minimum absolute atomic E-state index is 0.290. The zero-order valence-electron chi connectivity index (χ0n) is 22.8. The van der Waals surface area contributed by atoms with E-state index in [2.05, 4.69) is 26.9 Å². The summed E-state index contributed by atoms with van der Waals surface area (Å²) in [5.41, 5.74) is 2.98. The Morgan fingerprint density at radius 2 is 1.62 bits per heavy atom. The van der Waals surface area contributed by atoms with Crippen LogP contribution in [-0.4, -0.2) is 59.9 Å². The maximum Gasteiger partial charge on any atom is 0.215 e. The van der Waals surface area contributed by atoms with Gasteiger partial charge in [-0.3, -0.25) is 4.90 Å². The first-order valence-corrected chi connectivity index (χ1v) is 15.3. The first-order chi connectivity index (χ1) is 20.4. The van der Waals surface area contributed by atoms with Gasteiger partial charge in [0.05, 0.1) is 24.5 Å². The molecule has 2 aliphatic rings. The second kappa shape index (κ2) is 13.0. The van der Waals surface area contributed by atoms with Gasteiger partial charge in [-0.1, -0.05) is 58.5 Å². The van der Waals surface area contributed by atoms with Crippen LogP contribution in [0, 0.1) is 0 Å². The second-order valence-electron chi connectivity index (χ2n) is 10.5. The lowest BCUT2D eigenvalue weighted by Gasteiger charge is -2.36. The van der Waals surface area contributed by atoms with E-state index in [4.69, 9.17) is 60.6 Å². The lowest BCUT2D eigenvalue weighted by Crippen LogP contribution is -2.46. The smallest absolute Gasteiger partial charge is 0.215 e. The van der Waals surface area contributed by atoms with Gasteiger partial charge in [0.2, 0.25) is 5.79 Å². The predicted molar refractivity (Wildman–Crippen MR) is 167 cm³/mol. The Bertz CT molecular complexity index is 1500. The molecule has 7 nitrogen and oxygen atoms in total. The van der Waals surface area contributed by atoms with Crippen LogP contribution in [0.3, 0.4) is 0 Å². The van der Waals surface area contributed by atoms with Crippen molar-refractivity contribution in [2.75, 3.05) is 44.3 Å². The second-order valence-corrected chi connectivity index (χ2v) is 12.2. The topological polar surface area (TPSA) is 52.0 Å². The third-order valence-electron chi connectivity index (χ3n) is 7.57. The molecular formula is C31H30Cl4N4O3. The summed E-state index contributed by atoms with van der Waals surface area (Å²) < 4.78 is 20.8. The highest BCUT2D eigenvalue weighted by molar-refractivity contribution is 6.35. The molecule has 1 aromatic heterocycles. The fourth-order valence-corrected chi connectivity index (χ4v) is 6.39. The quantitative estimate of drug-likeness (QED) is 0.192. The van der Waals surface area contributed by atoms with E-state index in [-0.39, 0.29) is 6.10 Å². The van der Waals surface area contributed by atoms with E-state index in [1.807, 2.05) is 41.1 Å². The molecule has 4 aromatic rings. The lowest BCUT2D eigenvalue weighted by atomic mass is 10.1. The molecule has 2 fully saturated rings. The van der Waals surface area contributed by atoms with Crippen molar-refractivity contribution in [3.63, 3.8) is 0 Å². The Morgan fingerprint density at radius 1 is 0.881 bits per heavy atom. The van der Waals surface area contributed by atoms with Crippen LogP contribution in [0.2, 0.25) is 20.1 Å². The van der Waals surface area contributed by atoms with Gasteiger partial charge in [0.15, 0.2) is 0 Å². The molecule has 2 aliphatic heterocycles. The minimum atomic E-state index is -1.08. The molecule has 0 radical (unpaired) electrons. The molecule has 0 spiro atoms. The number of halogens is 4. The van der Waals surface area contributed by atoms with Crippen molar-refractivity contribution in [1.29, 1.82) is 0 Å². The number of piperazine rings is 1.